The van der Waals surface area contributed by atoms with E-state index in [-0.39, 0.29) is 11.8 Å². The summed E-state index contributed by atoms with van der Waals surface area (Å²) in [6, 6.07) is 7.56. The molecule has 5 heteroatoms. The first-order valence-electron chi connectivity index (χ1n) is 6.70. The van der Waals surface area contributed by atoms with Crippen LogP contribution in [0.5, 0.6) is 0 Å². The van der Waals surface area contributed by atoms with E-state index < -0.39 is 18.1 Å². The lowest BCUT2D eigenvalue weighted by Gasteiger charge is -2.23. The third kappa shape index (κ3) is 4.06. The largest absolute Gasteiger partial charge is 0.467 e. The Hall–Kier alpha value is -1.88. The average molecular weight is 278 g/mol. The fourth-order valence-electron chi connectivity index (χ4n) is 1.85. The van der Waals surface area contributed by atoms with Gasteiger partial charge in [0.1, 0.15) is 12.1 Å². The number of benzene rings is 1. The minimum atomic E-state index is -0.799. The van der Waals surface area contributed by atoms with E-state index in [1.54, 1.807) is 12.1 Å². The van der Waals surface area contributed by atoms with Crippen LogP contribution in [0.1, 0.15) is 31.9 Å². The van der Waals surface area contributed by atoms with Crippen LogP contribution in [0.2, 0.25) is 0 Å². The summed E-state index contributed by atoms with van der Waals surface area (Å²) < 4.78 is 4.73. The van der Waals surface area contributed by atoms with Crippen molar-refractivity contribution in [2.24, 2.45) is 11.7 Å². The van der Waals surface area contributed by atoms with Gasteiger partial charge in [-0.1, -0.05) is 50.6 Å². The maximum atomic E-state index is 12.2. The Labute approximate surface area is 119 Å². The van der Waals surface area contributed by atoms with Gasteiger partial charge in [-0.2, -0.15) is 0 Å². The third-order valence-corrected chi connectivity index (χ3v) is 3.41. The van der Waals surface area contributed by atoms with Gasteiger partial charge in [-0.05, 0) is 11.5 Å². The minimum absolute atomic E-state index is 0.0191. The second-order valence-electron chi connectivity index (χ2n) is 4.78. The summed E-state index contributed by atoms with van der Waals surface area (Å²) in [6.07, 6.45) is 0.751. The molecule has 5 nitrogen and oxygen atoms in total. The number of carbonyl (C=O) groups is 2. The topological polar surface area (TPSA) is 81.4 Å². The minimum Gasteiger partial charge on any atom is -0.467 e. The van der Waals surface area contributed by atoms with E-state index in [4.69, 9.17) is 10.5 Å². The standard InChI is InChI=1S/C15H22N2O3/c1-4-10(2)13(15(19)20-3)17-14(18)12(16)11-8-6-5-7-9-11/h5-10,12-13H,4,16H2,1-3H3,(H,17,18). The fraction of sp³-hybridized carbons (Fsp3) is 0.467. The van der Waals surface area contributed by atoms with Gasteiger partial charge in [-0.15, -0.1) is 0 Å². The molecule has 0 saturated heterocycles. The van der Waals surface area contributed by atoms with Crippen LogP contribution in [0.25, 0.3) is 0 Å². The predicted octanol–water partition coefficient (Wildman–Crippen LogP) is 1.39. The Bertz CT molecular complexity index is 448. The summed E-state index contributed by atoms with van der Waals surface area (Å²) in [5.74, 6) is -0.853. The quantitative estimate of drug-likeness (QED) is 0.770. The van der Waals surface area contributed by atoms with Gasteiger partial charge < -0.3 is 15.8 Å². The number of nitrogens with one attached hydrogen (secondary N) is 1. The predicted molar refractivity (Wildman–Crippen MR) is 76.8 cm³/mol. The molecule has 0 aliphatic rings. The van der Waals surface area contributed by atoms with Crippen LogP contribution < -0.4 is 11.1 Å². The van der Waals surface area contributed by atoms with Crippen molar-refractivity contribution < 1.29 is 14.3 Å². The van der Waals surface area contributed by atoms with E-state index >= 15 is 0 Å². The molecule has 1 amide bonds. The molecule has 20 heavy (non-hydrogen) atoms. The van der Waals surface area contributed by atoms with Crippen LogP contribution in [0, 0.1) is 5.92 Å². The number of methoxy groups -OCH3 is 1. The highest BCUT2D eigenvalue weighted by atomic mass is 16.5. The Morgan fingerprint density at radius 2 is 1.90 bits per heavy atom. The van der Waals surface area contributed by atoms with E-state index in [1.165, 1.54) is 7.11 Å². The number of rotatable bonds is 6. The van der Waals surface area contributed by atoms with E-state index in [2.05, 4.69) is 5.32 Å². The first-order chi connectivity index (χ1) is 9.51. The smallest absolute Gasteiger partial charge is 0.328 e. The molecule has 110 valence electrons. The monoisotopic (exact) mass is 278 g/mol. The van der Waals surface area contributed by atoms with Crippen molar-refractivity contribution in [1.29, 1.82) is 0 Å². The number of ether oxygens (including phenoxy) is 1. The highest BCUT2D eigenvalue weighted by Gasteiger charge is 2.28. The maximum Gasteiger partial charge on any atom is 0.328 e. The number of amides is 1. The Kier molecular flexibility index (Phi) is 6.18. The van der Waals surface area contributed by atoms with Crippen molar-refractivity contribution in [3.05, 3.63) is 35.9 Å². The molecule has 1 aromatic rings. The fourth-order valence-corrected chi connectivity index (χ4v) is 1.85. The zero-order chi connectivity index (χ0) is 15.1. The van der Waals surface area contributed by atoms with Crippen molar-refractivity contribution in [3.63, 3.8) is 0 Å². The van der Waals surface area contributed by atoms with E-state index in [0.29, 0.717) is 5.56 Å². The number of nitrogens with two attached hydrogens (primary N) is 1. The second-order valence-corrected chi connectivity index (χ2v) is 4.78. The summed E-state index contributed by atoms with van der Waals surface area (Å²) in [6.45, 7) is 3.83. The van der Waals surface area contributed by atoms with Gasteiger partial charge in [0.25, 0.3) is 0 Å². The molecule has 0 fully saturated rings. The summed E-state index contributed by atoms with van der Waals surface area (Å²) in [5, 5.41) is 2.68. The highest BCUT2D eigenvalue weighted by molar-refractivity contribution is 5.88. The lowest BCUT2D eigenvalue weighted by atomic mass is 9.98. The molecule has 1 aromatic carbocycles. The molecule has 1 rings (SSSR count). The zero-order valence-electron chi connectivity index (χ0n) is 12.1. The molecule has 0 aromatic heterocycles. The van der Waals surface area contributed by atoms with Crippen molar-refractivity contribution in [2.75, 3.05) is 7.11 Å². The highest BCUT2D eigenvalue weighted by Crippen LogP contribution is 2.13. The molecular weight excluding hydrogens is 256 g/mol. The van der Waals surface area contributed by atoms with Crippen LogP contribution in [0.4, 0.5) is 0 Å². The second kappa shape index (κ2) is 7.65. The van der Waals surface area contributed by atoms with Gasteiger partial charge in [0, 0.05) is 0 Å². The van der Waals surface area contributed by atoms with Crippen LogP contribution >= 0.6 is 0 Å². The maximum absolute atomic E-state index is 12.2. The zero-order valence-corrected chi connectivity index (χ0v) is 12.1. The molecule has 3 unspecified atom stereocenters. The van der Waals surface area contributed by atoms with Crippen molar-refractivity contribution >= 4 is 11.9 Å². The van der Waals surface area contributed by atoms with Gasteiger partial charge in [-0.3, -0.25) is 4.79 Å². The van der Waals surface area contributed by atoms with E-state index in [9.17, 15) is 9.59 Å². The van der Waals surface area contributed by atoms with Gasteiger partial charge in [-0.25, -0.2) is 4.79 Å². The van der Waals surface area contributed by atoms with Crippen molar-refractivity contribution in [2.45, 2.75) is 32.4 Å². The number of esters is 1. The number of hydrogen-bond donors (Lipinski definition) is 2. The summed E-state index contributed by atoms with van der Waals surface area (Å²) in [7, 11) is 1.31. The van der Waals surface area contributed by atoms with Crippen LogP contribution in [-0.2, 0) is 14.3 Å². The van der Waals surface area contributed by atoms with Crippen LogP contribution in [0.15, 0.2) is 30.3 Å². The molecule has 0 saturated carbocycles. The Morgan fingerprint density at radius 1 is 1.30 bits per heavy atom. The van der Waals surface area contributed by atoms with E-state index in [1.807, 2.05) is 32.0 Å². The Balaban J connectivity index is 2.78. The lowest BCUT2D eigenvalue weighted by molar-refractivity contribution is -0.146. The molecule has 0 radical (unpaired) electrons. The van der Waals surface area contributed by atoms with Gasteiger partial charge in [0.2, 0.25) is 5.91 Å². The molecule has 3 N–H and O–H groups in total. The SMILES string of the molecule is CCC(C)C(NC(=O)C(N)c1ccccc1)C(=O)OC. The van der Waals surface area contributed by atoms with Gasteiger partial charge in [0.05, 0.1) is 7.11 Å². The lowest BCUT2D eigenvalue weighted by Crippen LogP contribution is -2.48. The molecule has 3 atom stereocenters. The molecular formula is C15H22N2O3. The van der Waals surface area contributed by atoms with E-state index in [0.717, 1.165) is 6.42 Å². The normalized spacial score (nSPS) is 15.0. The van der Waals surface area contributed by atoms with Crippen LogP contribution in [0.3, 0.4) is 0 Å². The summed E-state index contributed by atoms with van der Waals surface area (Å²) >= 11 is 0. The molecule has 0 heterocycles. The first-order valence-corrected chi connectivity index (χ1v) is 6.70. The molecule has 0 bridgehead atoms. The Morgan fingerprint density at radius 3 is 2.40 bits per heavy atom. The molecule has 0 spiro atoms. The third-order valence-electron chi connectivity index (χ3n) is 3.41. The van der Waals surface area contributed by atoms with Crippen molar-refractivity contribution in [3.8, 4) is 0 Å². The average Bonchev–Trinajstić information content (AvgIpc) is 2.50. The van der Waals surface area contributed by atoms with Crippen molar-refractivity contribution in [1.82, 2.24) is 5.32 Å². The van der Waals surface area contributed by atoms with Gasteiger partial charge in [0.15, 0.2) is 0 Å². The van der Waals surface area contributed by atoms with Crippen LogP contribution in [-0.4, -0.2) is 25.0 Å². The molecule has 0 aliphatic carbocycles. The summed E-state index contributed by atoms with van der Waals surface area (Å²) in [4.78, 5) is 23.9. The van der Waals surface area contributed by atoms with Gasteiger partial charge >= 0.3 is 5.97 Å². The number of hydrogen-bond acceptors (Lipinski definition) is 4. The molecule has 0 aliphatic heterocycles. The number of carbonyl (C=O) groups excluding carboxylic acids is 2. The first kappa shape index (κ1) is 16.2. The summed E-state index contributed by atoms with van der Waals surface area (Å²) in [5.41, 5.74) is 6.61.